The monoisotopic (exact) mass is 295 g/mol. The van der Waals surface area contributed by atoms with Crippen LogP contribution >= 0.6 is 11.8 Å². The van der Waals surface area contributed by atoms with Gasteiger partial charge in [-0.2, -0.15) is 5.26 Å². The van der Waals surface area contributed by atoms with Crippen molar-refractivity contribution in [3.63, 3.8) is 0 Å². The highest BCUT2D eigenvalue weighted by Gasteiger charge is 2.13. The first-order chi connectivity index (χ1) is 10.2. The quantitative estimate of drug-likeness (QED) is 0.589. The number of aromatic amines is 1. The second kappa shape index (κ2) is 5.34. The van der Waals surface area contributed by atoms with E-state index in [0.717, 1.165) is 0 Å². The minimum absolute atomic E-state index is 0.0584. The molecule has 0 aliphatic carbocycles. The lowest BCUT2D eigenvalue weighted by Gasteiger charge is -2.07. The number of carbonyl (C=O) groups excluding carboxylic acids is 1. The SMILES string of the molecule is CC(=O)c1ccc(C#N)cc1Sc1ncnc2nc[nH]c12. The van der Waals surface area contributed by atoms with Crippen molar-refractivity contribution in [2.75, 3.05) is 0 Å². The van der Waals surface area contributed by atoms with Crippen LogP contribution in [0, 0.1) is 11.3 Å². The molecular formula is C14H9N5OS. The molecular weight excluding hydrogens is 286 g/mol. The Kier molecular flexibility index (Phi) is 3.38. The maximum atomic E-state index is 11.7. The van der Waals surface area contributed by atoms with Gasteiger partial charge in [0.2, 0.25) is 0 Å². The van der Waals surface area contributed by atoms with Gasteiger partial charge in [0.1, 0.15) is 16.9 Å². The summed E-state index contributed by atoms with van der Waals surface area (Å²) in [6, 6.07) is 7.05. The zero-order valence-corrected chi connectivity index (χ0v) is 11.8. The van der Waals surface area contributed by atoms with Crippen LogP contribution in [-0.4, -0.2) is 25.7 Å². The fraction of sp³-hybridized carbons (Fsp3) is 0.0714. The molecule has 0 atom stereocenters. The van der Waals surface area contributed by atoms with Crippen LogP contribution < -0.4 is 0 Å². The minimum Gasteiger partial charge on any atom is -0.341 e. The van der Waals surface area contributed by atoms with E-state index in [2.05, 4.69) is 26.0 Å². The van der Waals surface area contributed by atoms with Crippen molar-refractivity contribution < 1.29 is 4.79 Å². The van der Waals surface area contributed by atoms with Gasteiger partial charge in [-0.15, -0.1) is 0 Å². The first kappa shape index (κ1) is 13.3. The summed E-state index contributed by atoms with van der Waals surface area (Å²) in [7, 11) is 0. The van der Waals surface area contributed by atoms with E-state index in [1.54, 1.807) is 24.5 Å². The number of carbonyl (C=O) groups is 1. The Morgan fingerprint density at radius 1 is 1.33 bits per heavy atom. The van der Waals surface area contributed by atoms with Crippen molar-refractivity contribution in [3.05, 3.63) is 42.0 Å². The van der Waals surface area contributed by atoms with Crippen molar-refractivity contribution in [3.8, 4) is 6.07 Å². The summed E-state index contributed by atoms with van der Waals surface area (Å²) in [6.07, 6.45) is 2.97. The highest BCUT2D eigenvalue weighted by Crippen LogP contribution is 2.33. The van der Waals surface area contributed by atoms with Crippen LogP contribution in [0.5, 0.6) is 0 Å². The summed E-state index contributed by atoms with van der Waals surface area (Å²) in [5.41, 5.74) is 2.33. The van der Waals surface area contributed by atoms with E-state index in [1.165, 1.54) is 25.0 Å². The van der Waals surface area contributed by atoms with E-state index < -0.39 is 0 Å². The van der Waals surface area contributed by atoms with Crippen LogP contribution in [0.4, 0.5) is 0 Å². The van der Waals surface area contributed by atoms with Crippen molar-refractivity contribution in [1.29, 1.82) is 5.26 Å². The molecule has 0 amide bonds. The van der Waals surface area contributed by atoms with Gasteiger partial charge in [0.05, 0.1) is 18.0 Å². The van der Waals surface area contributed by atoms with Crippen LogP contribution in [0.1, 0.15) is 22.8 Å². The number of hydrogen-bond donors (Lipinski definition) is 1. The lowest BCUT2D eigenvalue weighted by Crippen LogP contribution is -1.96. The van der Waals surface area contributed by atoms with E-state index in [1.807, 2.05) is 0 Å². The molecule has 0 aliphatic heterocycles. The number of nitriles is 1. The molecule has 0 spiro atoms. The number of H-pyrrole nitrogens is 1. The third-order valence-corrected chi connectivity index (χ3v) is 3.95. The second-order valence-corrected chi connectivity index (χ2v) is 5.29. The first-order valence-electron chi connectivity index (χ1n) is 6.06. The number of nitrogens with one attached hydrogen (secondary N) is 1. The average Bonchev–Trinajstić information content (AvgIpc) is 2.96. The number of fused-ring (bicyclic) bond motifs is 1. The molecule has 6 nitrogen and oxygen atoms in total. The van der Waals surface area contributed by atoms with Crippen LogP contribution in [0.2, 0.25) is 0 Å². The van der Waals surface area contributed by atoms with Crippen molar-refractivity contribution in [1.82, 2.24) is 19.9 Å². The van der Waals surface area contributed by atoms with Crippen molar-refractivity contribution >= 4 is 28.7 Å². The Hall–Kier alpha value is -2.72. The van der Waals surface area contributed by atoms with E-state index in [4.69, 9.17) is 5.26 Å². The molecule has 3 aromatic rings. The summed E-state index contributed by atoms with van der Waals surface area (Å²) >= 11 is 1.31. The molecule has 0 radical (unpaired) electrons. The molecule has 102 valence electrons. The van der Waals surface area contributed by atoms with Gasteiger partial charge < -0.3 is 4.98 Å². The van der Waals surface area contributed by atoms with Gasteiger partial charge in [0, 0.05) is 10.5 Å². The Balaban J connectivity index is 2.10. The molecule has 3 rings (SSSR count). The molecule has 1 N–H and O–H groups in total. The maximum Gasteiger partial charge on any atom is 0.181 e. The summed E-state index contributed by atoms with van der Waals surface area (Å²) in [5, 5.41) is 9.67. The smallest absolute Gasteiger partial charge is 0.181 e. The van der Waals surface area contributed by atoms with Gasteiger partial charge in [-0.05, 0) is 25.1 Å². The van der Waals surface area contributed by atoms with Crippen molar-refractivity contribution in [2.45, 2.75) is 16.8 Å². The van der Waals surface area contributed by atoms with E-state index in [0.29, 0.717) is 32.2 Å². The summed E-state index contributed by atoms with van der Waals surface area (Å²) in [4.78, 5) is 27.7. The molecule has 0 saturated heterocycles. The van der Waals surface area contributed by atoms with E-state index in [9.17, 15) is 4.79 Å². The molecule has 2 heterocycles. The molecule has 21 heavy (non-hydrogen) atoms. The molecule has 0 aliphatic rings. The van der Waals surface area contributed by atoms with Gasteiger partial charge in [-0.3, -0.25) is 4.79 Å². The van der Waals surface area contributed by atoms with Crippen LogP contribution in [0.3, 0.4) is 0 Å². The van der Waals surface area contributed by atoms with Crippen LogP contribution in [-0.2, 0) is 0 Å². The predicted molar refractivity (Wildman–Crippen MR) is 77.0 cm³/mol. The third-order valence-electron chi connectivity index (χ3n) is 2.88. The van der Waals surface area contributed by atoms with Crippen LogP contribution in [0.25, 0.3) is 11.2 Å². The normalized spacial score (nSPS) is 10.5. The molecule has 2 aromatic heterocycles. The predicted octanol–water partition coefficient (Wildman–Crippen LogP) is 2.58. The molecule has 0 saturated carbocycles. The topological polar surface area (TPSA) is 95.3 Å². The molecule has 0 bridgehead atoms. The van der Waals surface area contributed by atoms with Crippen LogP contribution in [0.15, 0.2) is 40.8 Å². The number of Topliss-reactive ketones (excluding diaryl/α,β-unsaturated/α-hetero) is 1. The highest BCUT2D eigenvalue weighted by atomic mass is 32.2. The van der Waals surface area contributed by atoms with Gasteiger partial charge >= 0.3 is 0 Å². The number of hydrogen-bond acceptors (Lipinski definition) is 6. The highest BCUT2D eigenvalue weighted by molar-refractivity contribution is 7.99. The number of aromatic nitrogens is 4. The summed E-state index contributed by atoms with van der Waals surface area (Å²) in [6.45, 7) is 1.50. The number of imidazole rings is 1. The number of nitrogens with zero attached hydrogens (tertiary/aromatic N) is 4. The van der Waals surface area contributed by atoms with Gasteiger partial charge in [0.15, 0.2) is 11.4 Å². The zero-order chi connectivity index (χ0) is 14.8. The Labute approximate surface area is 124 Å². The first-order valence-corrected chi connectivity index (χ1v) is 6.87. The lowest BCUT2D eigenvalue weighted by atomic mass is 10.1. The summed E-state index contributed by atoms with van der Waals surface area (Å²) < 4.78 is 0. The summed E-state index contributed by atoms with van der Waals surface area (Å²) in [5.74, 6) is -0.0584. The van der Waals surface area contributed by atoms with E-state index >= 15 is 0 Å². The molecule has 7 heteroatoms. The second-order valence-electron chi connectivity index (χ2n) is 4.26. The molecule has 0 fully saturated rings. The Bertz CT molecular complexity index is 880. The fourth-order valence-electron chi connectivity index (χ4n) is 1.89. The molecule has 1 aromatic carbocycles. The number of rotatable bonds is 3. The van der Waals surface area contributed by atoms with E-state index in [-0.39, 0.29) is 5.78 Å². The Morgan fingerprint density at radius 2 is 2.19 bits per heavy atom. The maximum absolute atomic E-state index is 11.7. The lowest BCUT2D eigenvalue weighted by molar-refractivity contribution is 0.101. The third kappa shape index (κ3) is 2.49. The van der Waals surface area contributed by atoms with Gasteiger partial charge in [-0.25, -0.2) is 15.0 Å². The van der Waals surface area contributed by atoms with Crippen molar-refractivity contribution in [2.24, 2.45) is 0 Å². The Morgan fingerprint density at radius 3 is 2.95 bits per heavy atom. The van der Waals surface area contributed by atoms with Gasteiger partial charge in [-0.1, -0.05) is 11.8 Å². The van der Waals surface area contributed by atoms with Gasteiger partial charge in [0.25, 0.3) is 0 Å². The standard InChI is InChI=1S/C14H9N5OS/c1-8(20)10-3-2-9(5-15)4-11(10)21-14-12-13(17-6-16-12)18-7-19-14/h2-4,6-7H,1H3,(H,16,17,18,19). The fourth-order valence-corrected chi connectivity index (χ4v) is 2.96. The minimum atomic E-state index is -0.0584. The number of ketones is 1. The molecule has 0 unspecified atom stereocenters. The largest absolute Gasteiger partial charge is 0.341 e. The number of benzene rings is 1. The zero-order valence-electron chi connectivity index (χ0n) is 11.0. The average molecular weight is 295 g/mol.